The first-order valence-electron chi connectivity index (χ1n) is 4.20. The molecule has 1 unspecified atom stereocenters. The molecular weight excluding hydrogens is 168 g/mol. The fraction of sp³-hybridized carbons (Fsp3) is 0.500. The highest BCUT2D eigenvalue weighted by molar-refractivity contribution is 5.92. The van der Waals surface area contributed by atoms with Crippen LogP contribution < -0.4 is 5.43 Å². The number of hydrogen-bond donors (Lipinski definition) is 1. The Labute approximate surface area is 76.3 Å². The van der Waals surface area contributed by atoms with Gasteiger partial charge in [0.05, 0.1) is 5.69 Å². The summed E-state index contributed by atoms with van der Waals surface area (Å²) in [5.74, 6) is -0.0429. The number of carbonyl (C=O) groups is 1. The maximum atomic E-state index is 11.6. The summed E-state index contributed by atoms with van der Waals surface area (Å²) in [4.78, 5) is 11.6. The SMILES string of the molecule is Cc1cc2n(n1)C(C)NN(C)C2=O. The summed E-state index contributed by atoms with van der Waals surface area (Å²) in [6, 6.07) is 1.80. The van der Waals surface area contributed by atoms with Gasteiger partial charge in [0, 0.05) is 7.05 Å². The number of aromatic nitrogens is 2. The molecule has 0 spiro atoms. The quantitative estimate of drug-likeness (QED) is 0.624. The molecule has 1 aromatic rings. The maximum absolute atomic E-state index is 11.6. The van der Waals surface area contributed by atoms with E-state index in [-0.39, 0.29) is 12.1 Å². The second kappa shape index (κ2) is 2.56. The van der Waals surface area contributed by atoms with Crippen molar-refractivity contribution in [3.8, 4) is 0 Å². The second-order valence-corrected chi connectivity index (χ2v) is 3.28. The third kappa shape index (κ3) is 1.12. The van der Waals surface area contributed by atoms with Crippen LogP contribution in [0.25, 0.3) is 0 Å². The highest BCUT2D eigenvalue weighted by Gasteiger charge is 2.26. The molecule has 1 atom stereocenters. The molecule has 70 valence electrons. The molecule has 2 rings (SSSR count). The van der Waals surface area contributed by atoms with Crippen molar-refractivity contribution < 1.29 is 4.79 Å². The number of amides is 1. The van der Waals surface area contributed by atoms with E-state index in [1.165, 1.54) is 5.01 Å². The first-order valence-corrected chi connectivity index (χ1v) is 4.20. The zero-order valence-electron chi connectivity index (χ0n) is 7.90. The Balaban J connectivity index is 2.53. The fourth-order valence-corrected chi connectivity index (χ4v) is 1.54. The van der Waals surface area contributed by atoms with E-state index >= 15 is 0 Å². The highest BCUT2D eigenvalue weighted by atomic mass is 16.2. The van der Waals surface area contributed by atoms with Crippen LogP contribution >= 0.6 is 0 Å². The third-order valence-electron chi connectivity index (χ3n) is 2.13. The minimum atomic E-state index is -0.0429. The Morgan fingerprint density at radius 3 is 3.00 bits per heavy atom. The number of fused-ring (bicyclic) bond motifs is 1. The van der Waals surface area contributed by atoms with E-state index in [9.17, 15) is 4.79 Å². The van der Waals surface area contributed by atoms with Crippen molar-refractivity contribution in [2.75, 3.05) is 7.05 Å². The van der Waals surface area contributed by atoms with Gasteiger partial charge in [0.15, 0.2) is 0 Å². The van der Waals surface area contributed by atoms with Gasteiger partial charge in [-0.3, -0.25) is 9.80 Å². The highest BCUT2D eigenvalue weighted by Crippen LogP contribution is 2.15. The Morgan fingerprint density at radius 1 is 1.62 bits per heavy atom. The van der Waals surface area contributed by atoms with Gasteiger partial charge in [-0.2, -0.15) is 5.10 Å². The van der Waals surface area contributed by atoms with Crippen LogP contribution in [-0.2, 0) is 0 Å². The molecule has 5 heteroatoms. The van der Waals surface area contributed by atoms with Gasteiger partial charge in [-0.05, 0) is 19.9 Å². The lowest BCUT2D eigenvalue weighted by Crippen LogP contribution is -2.48. The molecule has 0 fully saturated rings. The summed E-state index contributed by atoms with van der Waals surface area (Å²) in [5.41, 5.74) is 4.50. The smallest absolute Gasteiger partial charge is 0.274 e. The Kier molecular flexibility index (Phi) is 1.63. The molecule has 0 aliphatic carbocycles. The second-order valence-electron chi connectivity index (χ2n) is 3.28. The van der Waals surface area contributed by atoms with Crippen LogP contribution in [0.2, 0.25) is 0 Å². The van der Waals surface area contributed by atoms with Crippen LogP contribution in [-0.4, -0.2) is 27.7 Å². The molecular formula is C8H12N4O. The number of nitrogens with zero attached hydrogens (tertiary/aromatic N) is 3. The molecule has 2 heterocycles. The molecule has 0 radical (unpaired) electrons. The molecule has 1 aromatic heterocycles. The summed E-state index contributed by atoms with van der Waals surface area (Å²) >= 11 is 0. The summed E-state index contributed by atoms with van der Waals surface area (Å²) in [7, 11) is 1.71. The molecule has 1 aliphatic rings. The van der Waals surface area contributed by atoms with E-state index in [1.807, 2.05) is 13.8 Å². The third-order valence-corrected chi connectivity index (χ3v) is 2.13. The fourth-order valence-electron chi connectivity index (χ4n) is 1.54. The van der Waals surface area contributed by atoms with Crippen LogP contribution in [0, 0.1) is 6.92 Å². The first-order chi connectivity index (χ1) is 6.09. The topological polar surface area (TPSA) is 50.2 Å². The average molecular weight is 180 g/mol. The number of hydrazine groups is 1. The molecule has 0 saturated heterocycles. The molecule has 0 saturated carbocycles. The number of hydrogen-bond acceptors (Lipinski definition) is 3. The van der Waals surface area contributed by atoms with E-state index in [4.69, 9.17) is 0 Å². The van der Waals surface area contributed by atoms with Gasteiger partial charge in [-0.1, -0.05) is 0 Å². The number of rotatable bonds is 0. The number of aryl methyl sites for hydroxylation is 1. The molecule has 13 heavy (non-hydrogen) atoms. The predicted octanol–water partition coefficient (Wildman–Crippen LogP) is 0.300. The van der Waals surface area contributed by atoms with E-state index in [2.05, 4.69) is 10.5 Å². The van der Waals surface area contributed by atoms with Gasteiger partial charge in [-0.15, -0.1) is 0 Å². The van der Waals surface area contributed by atoms with E-state index in [0.717, 1.165) is 5.69 Å². The molecule has 5 nitrogen and oxygen atoms in total. The zero-order valence-corrected chi connectivity index (χ0v) is 7.90. The molecule has 0 bridgehead atoms. The minimum absolute atomic E-state index is 0.0337. The summed E-state index contributed by atoms with van der Waals surface area (Å²) < 4.78 is 1.71. The molecule has 1 amide bonds. The van der Waals surface area contributed by atoms with Crippen molar-refractivity contribution in [2.24, 2.45) is 0 Å². The normalized spacial score (nSPS) is 21.9. The van der Waals surface area contributed by atoms with Gasteiger partial charge in [0.25, 0.3) is 5.91 Å². The molecule has 1 aliphatic heterocycles. The van der Waals surface area contributed by atoms with Crippen LogP contribution in [0.5, 0.6) is 0 Å². The van der Waals surface area contributed by atoms with Crippen molar-refractivity contribution in [2.45, 2.75) is 20.0 Å². The van der Waals surface area contributed by atoms with E-state index < -0.39 is 0 Å². The first kappa shape index (κ1) is 8.25. The Morgan fingerprint density at radius 2 is 2.31 bits per heavy atom. The van der Waals surface area contributed by atoms with Crippen molar-refractivity contribution in [3.05, 3.63) is 17.5 Å². The van der Waals surface area contributed by atoms with E-state index in [1.54, 1.807) is 17.8 Å². The van der Waals surface area contributed by atoms with Gasteiger partial charge in [0.2, 0.25) is 0 Å². The number of nitrogens with one attached hydrogen (secondary N) is 1. The van der Waals surface area contributed by atoms with Crippen LogP contribution in [0.15, 0.2) is 6.07 Å². The summed E-state index contributed by atoms with van der Waals surface area (Å²) in [6.07, 6.45) is 0.0337. The van der Waals surface area contributed by atoms with Gasteiger partial charge in [-0.25, -0.2) is 10.1 Å². The molecule has 1 N–H and O–H groups in total. The summed E-state index contributed by atoms with van der Waals surface area (Å²) in [6.45, 7) is 3.84. The predicted molar refractivity (Wildman–Crippen MR) is 46.9 cm³/mol. The zero-order chi connectivity index (χ0) is 9.59. The van der Waals surface area contributed by atoms with Crippen molar-refractivity contribution in [1.29, 1.82) is 0 Å². The summed E-state index contributed by atoms with van der Waals surface area (Å²) in [5, 5.41) is 5.71. The van der Waals surface area contributed by atoms with Crippen molar-refractivity contribution in [1.82, 2.24) is 20.2 Å². The minimum Gasteiger partial charge on any atom is -0.274 e. The van der Waals surface area contributed by atoms with Crippen molar-refractivity contribution in [3.63, 3.8) is 0 Å². The maximum Gasteiger partial charge on any atom is 0.286 e. The largest absolute Gasteiger partial charge is 0.286 e. The number of carbonyl (C=O) groups excluding carboxylic acids is 1. The van der Waals surface area contributed by atoms with E-state index in [0.29, 0.717) is 5.69 Å². The lowest BCUT2D eigenvalue weighted by Gasteiger charge is -2.29. The van der Waals surface area contributed by atoms with Gasteiger partial charge >= 0.3 is 0 Å². The average Bonchev–Trinajstić information content (AvgIpc) is 2.44. The Bertz CT molecular complexity index is 357. The lowest BCUT2D eigenvalue weighted by atomic mass is 10.3. The lowest BCUT2D eigenvalue weighted by molar-refractivity contribution is 0.0552. The van der Waals surface area contributed by atoms with Crippen LogP contribution in [0.3, 0.4) is 0 Å². The molecule has 0 aromatic carbocycles. The standard InChI is InChI=1S/C8H12N4O/c1-5-4-7-8(13)11(3)10-6(2)12(7)9-5/h4,6,10H,1-3H3. The Hall–Kier alpha value is -1.36. The van der Waals surface area contributed by atoms with Crippen LogP contribution in [0.1, 0.15) is 29.3 Å². The van der Waals surface area contributed by atoms with Crippen LogP contribution in [0.4, 0.5) is 0 Å². The monoisotopic (exact) mass is 180 g/mol. The van der Waals surface area contributed by atoms with Gasteiger partial charge < -0.3 is 0 Å². The van der Waals surface area contributed by atoms with Crippen molar-refractivity contribution >= 4 is 5.91 Å². The van der Waals surface area contributed by atoms with Gasteiger partial charge in [0.1, 0.15) is 11.9 Å².